The molecule has 6 heteroatoms. The summed E-state index contributed by atoms with van der Waals surface area (Å²) in [5, 5.41) is 0. The molecule has 1 saturated heterocycles. The van der Waals surface area contributed by atoms with Crippen molar-refractivity contribution in [3.05, 3.63) is 0 Å². The van der Waals surface area contributed by atoms with Crippen LogP contribution < -0.4 is 0 Å². The standard InChI is InChI=1S/C15H28N2O4/c1-12(11-13(18)20-5)16-7-6-8-17(10-9-16)14(19)21-15(2,3)4/h12H,6-11H2,1-5H3. The van der Waals surface area contributed by atoms with Crippen molar-refractivity contribution in [1.29, 1.82) is 0 Å². The Morgan fingerprint density at radius 2 is 1.81 bits per heavy atom. The fourth-order valence-corrected chi connectivity index (χ4v) is 2.34. The zero-order chi connectivity index (χ0) is 16.0. The van der Waals surface area contributed by atoms with Crippen LogP contribution in [0.25, 0.3) is 0 Å². The predicted octanol–water partition coefficient (Wildman–Crippen LogP) is 1.88. The van der Waals surface area contributed by atoms with E-state index in [1.807, 2.05) is 27.7 Å². The lowest BCUT2D eigenvalue weighted by Crippen LogP contribution is -2.41. The maximum atomic E-state index is 12.1. The van der Waals surface area contributed by atoms with Gasteiger partial charge in [0.25, 0.3) is 0 Å². The van der Waals surface area contributed by atoms with Crippen molar-refractivity contribution >= 4 is 12.1 Å². The molecule has 1 amide bonds. The highest BCUT2D eigenvalue weighted by molar-refractivity contribution is 5.70. The number of amides is 1. The van der Waals surface area contributed by atoms with Gasteiger partial charge < -0.3 is 14.4 Å². The molecule has 122 valence electrons. The van der Waals surface area contributed by atoms with Crippen molar-refractivity contribution in [1.82, 2.24) is 9.80 Å². The molecule has 0 bridgehead atoms. The smallest absolute Gasteiger partial charge is 0.410 e. The van der Waals surface area contributed by atoms with Gasteiger partial charge in [-0.25, -0.2) is 4.79 Å². The molecule has 0 radical (unpaired) electrons. The molecule has 0 aromatic carbocycles. The van der Waals surface area contributed by atoms with Crippen LogP contribution in [0.5, 0.6) is 0 Å². The average Bonchev–Trinajstić information content (AvgIpc) is 2.62. The second kappa shape index (κ2) is 7.64. The number of nitrogens with zero attached hydrogens (tertiary/aromatic N) is 2. The summed E-state index contributed by atoms with van der Waals surface area (Å²) in [6.45, 7) is 10.6. The van der Waals surface area contributed by atoms with E-state index in [4.69, 9.17) is 9.47 Å². The van der Waals surface area contributed by atoms with Gasteiger partial charge in [0.15, 0.2) is 0 Å². The second-order valence-corrected chi connectivity index (χ2v) is 6.49. The van der Waals surface area contributed by atoms with Gasteiger partial charge in [0.2, 0.25) is 0 Å². The van der Waals surface area contributed by atoms with Gasteiger partial charge >= 0.3 is 12.1 Å². The minimum atomic E-state index is -0.471. The maximum Gasteiger partial charge on any atom is 0.410 e. The van der Waals surface area contributed by atoms with Crippen molar-refractivity contribution in [2.24, 2.45) is 0 Å². The Labute approximate surface area is 127 Å². The van der Waals surface area contributed by atoms with E-state index in [-0.39, 0.29) is 18.1 Å². The Bertz CT molecular complexity index is 365. The lowest BCUT2D eigenvalue weighted by molar-refractivity contribution is -0.141. The SMILES string of the molecule is COC(=O)CC(C)N1CCCN(C(=O)OC(C)(C)C)CC1. The monoisotopic (exact) mass is 300 g/mol. The molecule has 1 unspecified atom stereocenters. The number of esters is 1. The Morgan fingerprint density at radius 1 is 1.14 bits per heavy atom. The van der Waals surface area contributed by atoms with Crippen LogP contribution in [0.1, 0.15) is 40.5 Å². The fourth-order valence-electron chi connectivity index (χ4n) is 2.34. The number of hydrogen-bond donors (Lipinski definition) is 0. The average molecular weight is 300 g/mol. The first kappa shape index (κ1) is 17.8. The lowest BCUT2D eigenvalue weighted by atomic mass is 10.2. The van der Waals surface area contributed by atoms with Crippen molar-refractivity contribution in [3.63, 3.8) is 0 Å². The third-order valence-electron chi connectivity index (χ3n) is 3.50. The van der Waals surface area contributed by atoms with E-state index in [0.29, 0.717) is 19.5 Å². The van der Waals surface area contributed by atoms with Crippen LogP contribution in [-0.2, 0) is 14.3 Å². The summed E-state index contributed by atoms with van der Waals surface area (Å²) in [6.07, 6.45) is 0.998. The van der Waals surface area contributed by atoms with Gasteiger partial charge in [-0.1, -0.05) is 0 Å². The molecule has 0 aromatic rings. The summed E-state index contributed by atoms with van der Waals surface area (Å²) < 4.78 is 10.1. The van der Waals surface area contributed by atoms with Crippen molar-refractivity contribution in [2.45, 2.75) is 52.2 Å². The predicted molar refractivity (Wildman–Crippen MR) is 80.1 cm³/mol. The quantitative estimate of drug-likeness (QED) is 0.745. The van der Waals surface area contributed by atoms with E-state index < -0.39 is 5.60 Å². The van der Waals surface area contributed by atoms with Gasteiger partial charge in [0.1, 0.15) is 5.60 Å². The van der Waals surface area contributed by atoms with Gasteiger partial charge in [-0.3, -0.25) is 9.69 Å². The van der Waals surface area contributed by atoms with Crippen LogP contribution in [-0.4, -0.2) is 66.8 Å². The fraction of sp³-hybridized carbons (Fsp3) is 0.867. The highest BCUT2D eigenvalue weighted by atomic mass is 16.6. The molecule has 1 heterocycles. The third-order valence-corrected chi connectivity index (χ3v) is 3.50. The molecular formula is C15H28N2O4. The van der Waals surface area contributed by atoms with Crippen LogP contribution in [0, 0.1) is 0 Å². The molecule has 1 fully saturated rings. The van der Waals surface area contributed by atoms with Gasteiger partial charge in [-0.15, -0.1) is 0 Å². The lowest BCUT2D eigenvalue weighted by Gasteiger charge is -2.28. The Morgan fingerprint density at radius 3 is 2.38 bits per heavy atom. The van der Waals surface area contributed by atoms with E-state index >= 15 is 0 Å². The molecule has 6 nitrogen and oxygen atoms in total. The minimum absolute atomic E-state index is 0.121. The zero-order valence-electron chi connectivity index (χ0n) is 13.8. The molecule has 1 atom stereocenters. The molecule has 0 aromatic heterocycles. The molecule has 1 aliphatic rings. The number of rotatable bonds is 3. The summed E-state index contributed by atoms with van der Waals surface area (Å²) in [5.74, 6) is -0.198. The van der Waals surface area contributed by atoms with Crippen LogP contribution >= 0.6 is 0 Å². The van der Waals surface area contributed by atoms with E-state index in [2.05, 4.69) is 4.90 Å². The van der Waals surface area contributed by atoms with Gasteiger partial charge in [0, 0.05) is 32.2 Å². The number of methoxy groups -OCH3 is 1. The summed E-state index contributed by atoms with van der Waals surface area (Å²) in [4.78, 5) is 27.4. The second-order valence-electron chi connectivity index (χ2n) is 6.49. The van der Waals surface area contributed by atoms with Crippen LogP contribution in [0.15, 0.2) is 0 Å². The van der Waals surface area contributed by atoms with Crippen molar-refractivity contribution in [2.75, 3.05) is 33.3 Å². The van der Waals surface area contributed by atoms with E-state index in [1.54, 1.807) is 4.90 Å². The first-order valence-electron chi connectivity index (χ1n) is 7.51. The first-order valence-corrected chi connectivity index (χ1v) is 7.51. The van der Waals surface area contributed by atoms with Gasteiger partial charge in [0.05, 0.1) is 13.5 Å². The maximum absolute atomic E-state index is 12.1. The Balaban J connectivity index is 2.50. The summed E-state index contributed by atoms with van der Waals surface area (Å²) in [7, 11) is 1.40. The molecule has 0 spiro atoms. The van der Waals surface area contributed by atoms with E-state index in [9.17, 15) is 9.59 Å². The van der Waals surface area contributed by atoms with Crippen LogP contribution in [0.2, 0.25) is 0 Å². The zero-order valence-corrected chi connectivity index (χ0v) is 13.8. The molecule has 1 aliphatic heterocycles. The topological polar surface area (TPSA) is 59.1 Å². The molecule has 0 N–H and O–H groups in total. The van der Waals surface area contributed by atoms with E-state index in [1.165, 1.54) is 7.11 Å². The Kier molecular flexibility index (Phi) is 6.45. The molecule has 21 heavy (non-hydrogen) atoms. The molecule has 0 aliphatic carbocycles. The molecule has 0 saturated carbocycles. The number of ether oxygens (including phenoxy) is 2. The highest BCUT2D eigenvalue weighted by Crippen LogP contribution is 2.14. The Hall–Kier alpha value is -1.30. The summed E-state index contributed by atoms with van der Waals surface area (Å²) in [5.41, 5.74) is -0.471. The van der Waals surface area contributed by atoms with E-state index in [0.717, 1.165) is 19.5 Å². The molecular weight excluding hydrogens is 272 g/mol. The number of carbonyl (C=O) groups excluding carboxylic acids is 2. The normalized spacial score (nSPS) is 18.8. The van der Waals surface area contributed by atoms with Gasteiger partial charge in [-0.05, 0) is 34.1 Å². The van der Waals surface area contributed by atoms with Crippen molar-refractivity contribution < 1.29 is 19.1 Å². The minimum Gasteiger partial charge on any atom is -0.469 e. The first-order chi connectivity index (χ1) is 9.73. The number of carbonyl (C=O) groups is 2. The van der Waals surface area contributed by atoms with Crippen LogP contribution in [0.3, 0.4) is 0 Å². The molecule has 1 rings (SSSR count). The highest BCUT2D eigenvalue weighted by Gasteiger charge is 2.26. The van der Waals surface area contributed by atoms with Crippen molar-refractivity contribution in [3.8, 4) is 0 Å². The number of hydrogen-bond acceptors (Lipinski definition) is 5. The largest absolute Gasteiger partial charge is 0.469 e. The van der Waals surface area contributed by atoms with Crippen LogP contribution in [0.4, 0.5) is 4.79 Å². The van der Waals surface area contributed by atoms with Gasteiger partial charge in [-0.2, -0.15) is 0 Å². The third kappa shape index (κ3) is 6.33. The summed E-state index contributed by atoms with van der Waals surface area (Å²) >= 11 is 0. The summed E-state index contributed by atoms with van der Waals surface area (Å²) in [6, 6.07) is 0.121.